The SMILES string of the molecule is CCCCC(CC)OCC(=O)C(CC(=O)OC(CC)CCCC)S(=O)(=O)O. The molecule has 0 aromatic carbocycles. The van der Waals surface area contributed by atoms with Crippen LogP contribution in [0.3, 0.4) is 0 Å². The van der Waals surface area contributed by atoms with Gasteiger partial charge < -0.3 is 9.47 Å². The van der Waals surface area contributed by atoms with E-state index < -0.39 is 40.1 Å². The third kappa shape index (κ3) is 11.4. The van der Waals surface area contributed by atoms with Crippen molar-refractivity contribution in [3.05, 3.63) is 0 Å². The van der Waals surface area contributed by atoms with Crippen molar-refractivity contribution in [1.29, 1.82) is 0 Å². The van der Waals surface area contributed by atoms with Gasteiger partial charge in [0.25, 0.3) is 10.1 Å². The molecule has 160 valence electrons. The Morgan fingerprint density at radius 3 is 1.89 bits per heavy atom. The number of rotatable bonds is 16. The van der Waals surface area contributed by atoms with E-state index in [9.17, 15) is 22.6 Å². The average Bonchev–Trinajstić information content (AvgIpc) is 2.62. The lowest BCUT2D eigenvalue weighted by Crippen LogP contribution is -2.37. The standard InChI is InChI=1S/C19H36O7S/c1-5-9-11-15(7-3)25-14-17(20)18(27(22,23)24)13-19(21)26-16(8-4)12-10-6-2/h15-16,18H,5-14H2,1-4H3,(H,22,23,24). The molecule has 0 aromatic heterocycles. The lowest BCUT2D eigenvalue weighted by Gasteiger charge is -2.19. The molecule has 0 saturated heterocycles. The van der Waals surface area contributed by atoms with Gasteiger partial charge in [0.1, 0.15) is 12.7 Å². The van der Waals surface area contributed by atoms with Gasteiger partial charge in [0.15, 0.2) is 11.0 Å². The molecule has 0 radical (unpaired) electrons. The number of Topliss-reactive ketones (excluding diaryl/α,β-unsaturated/α-hetero) is 1. The van der Waals surface area contributed by atoms with Crippen LogP contribution in [0.4, 0.5) is 0 Å². The van der Waals surface area contributed by atoms with E-state index in [1.54, 1.807) is 0 Å². The number of carbonyl (C=O) groups excluding carboxylic acids is 2. The van der Waals surface area contributed by atoms with E-state index in [1.807, 2.05) is 27.7 Å². The van der Waals surface area contributed by atoms with E-state index in [0.717, 1.165) is 32.1 Å². The summed E-state index contributed by atoms with van der Waals surface area (Å²) >= 11 is 0. The normalized spacial score (nSPS) is 15.1. The van der Waals surface area contributed by atoms with E-state index in [0.29, 0.717) is 19.3 Å². The molecule has 0 fully saturated rings. The van der Waals surface area contributed by atoms with Gasteiger partial charge in [-0.15, -0.1) is 0 Å². The van der Waals surface area contributed by atoms with Gasteiger partial charge in [0.2, 0.25) is 0 Å². The highest BCUT2D eigenvalue weighted by atomic mass is 32.2. The Morgan fingerprint density at radius 1 is 0.926 bits per heavy atom. The molecular weight excluding hydrogens is 372 g/mol. The third-order valence-corrected chi connectivity index (χ3v) is 5.65. The first-order valence-corrected chi connectivity index (χ1v) is 11.5. The van der Waals surface area contributed by atoms with Crippen molar-refractivity contribution in [3.8, 4) is 0 Å². The topological polar surface area (TPSA) is 107 Å². The van der Waals surface area contributed by atoms with E-state index >= 15 is 0 Å². The minimum Gasteiger partial charge on any atom is -0.462 e. The number of hydrogen-bond donors (Lipinski definition) is 1. The molecule has 0 heterocycles. The molecular formula is C19H36O7S. The molecule has 8 heteroatoms. The van der Waals surface area contributed by atoms with Crippen LogP contribution in [-0.4, -0.2) is 48.8 Å². The van der Waals surface area contributed by atoms with E-state index in [2.05, 4.69) is 0 Å². The summed E-state index contributed by atoms with van der Waals surface area (Å²) in [7, 11) is -4.72. The maximum atomic E-state index is 12.3. The maximum absolute atomic E-state index is 12.3. The van der Waals surface area contributed by atoms with Gasteiger partial charge in [-0.1, -0.05) is 53.4 Å². The second-order valence-electron chi connectivity index (χ2n) is 6.82. The second kappa shape index (κ2) is 14.1. The zero-order valence-corrected chi connectivity index (χ0v) is 17.9. The van der Waals surface area contributed by atoms with Crippen LogP contribution in [0, 0.1) is 0 Å². The van der Waals surface area contributed by atoms with Crippen LogP contribution < -0.4 is 0 Å². The average molecular weight is 409 g/mol. The van der Waals surface area contributed by atoms with Crippen molar-refractivity contribution in [2.45, 2.75) is 103 Å². The van der Waals surface area contributed by atoms with Crippen LogP contribution in [0.5, 0.6) is 0 Å². The van der Waals surface area contributed by atoms with Crippen molar-refractivity contribution in [1.82, 2.24) is 0 Å². The number of ketones is 1. The zero-order chi connectivity index (χ0) is 20.9. The summed E-state index contributed by atoms with van der Waals surface area (Å²) in [5.74, 6) is -1.63. The molecule has 0 bridgehead atoms. The summed E-state index contributed by atoms with van der Waals surface area (Å²) in [6.45, 7) is 7.40. The molecule has 27 heavy (non-hydrogen) atoms. The summed E-state index contributed by atoms with van der Waals surface area (Å²) in [6.07, 6.45) is 5.36. The van der Waals surface area contributed by atoms with Crippen molar-refractivity contribution in [2.75, 3.05) is 6.61 Å². The summed E-state index contributed by atoms with van der Waals surface area (Å²) in [5, 5.41) is -1.85. The van der Waals surface area contributed by atoms with Gasteiger partial charge in [-0.25, -0.2) is 0 Å². The van der Waals surface area contributed by atoms with Crippen molar-refractivity contribution >= 4 is 21.9 Å². The van der Waals surface area contributed by atoms with Crippen LogP contribution in [0.25, 0.3) is 0 Å². The van der Waals surface area contributed by atoms with Crippen molar-refractivity contribution < 1.29 is 32.0 Å². The van der Waals surface area contributed by atoms with E-state index in [-0.39, 0.29) is 12.2 Å². The highest BCUT2D eigenvalue weighted by molar-refractivity contribution is 7.87. The van der Waals surface area contributed by atoms with Crippen LogP contribution in [-0.2, 0) is 29.2 Å². The first-order valence-electron chi connectivity index (χ1n) is 9.99. The molecule has 3 unspecified atom stereocenters. The van der Waals surface area contributed by atoms with Crippen LogP contribution in [0.2, 0.25) is 0 Å². The lowest BCUT2D eigenvalue weighted by atomic mass is 10.1. The zero-order valence-electron chi connectivity index (χ0n) is 17.1. The lowest BCUT2D eigenvalue weighted by molar-refractivity contribution is -0.150. The predicted octanol–water partition coefficient (Wildman–Crippen LogP) is 3.70. The highest BCUT2D eigenvalue weighted by Gasteiger charge is 2.34. The van der Waals surface area contributed by atoms with Crippen LogP contribution in [0.1, 0.15) is 85.5 Å². The molecule has 0 aliphatic carbocycles. The summed E-state index contributed by atoms with van der Waals surface area (Å²) in [4.78, 5) is 24.4. The molecule has 3 atom stereocenters. The van der Waals surface area contributed by atoms with Gasteiger partial charge in [-0.2, -0.15) is 8.42 Å². The quantitative estimate of drug-likeness (QED) is 0.306. The Morgan fingerprint density at radius 2 is 1.44 bits per heavy atom. The van der Waals surface area contributed by atoms with Crippen LogP contribution in [0.15, 0.2) is 0 Å². The number of hydrogen-bond acceptors (Lipinski definition) is 6. The molecule has 1 N–H and O–H groups in total. The molecule has 7 nitrogen and oxygen atoms in total. The van der Waals surface area contributed by atoms with Gasteiger partial charge in [-0.3, -0.25) is 14.1 Å². The predicted molar refractivity (Wildman–Crippen MR) is 104 cm³/mol. The largest absolute Gasteiger partial charge is 0.462 e. The van der Waals surface area contributed by atoms with Crippen LogP contribution >= 0.6 is 0 Å². The molecule has 0 saturated carbocycles. The third-order valence-electron chi connectivity index (χ3n) is 4.50. The summed E-state index contributed by atoms with van der Waals surface area (Å²) in [6, 6.07) is 0. The Bertz CT molecular complexity index is 530. The van der Waals surface area contributed by atoms with E-state index in [1.165, 1.54) is 0 Å². The number of esters is 1. The summed E-state index contributed by atoms with van der Waals surface area (Å²) in [5.41, 5.74) is 0. The van der Waals surface area contributed by atoms with Gasteiger partial charge in [0, 0.05) is 0 Å². The van der Waals surface area contributed by atoms with E-state index in [4.69, 9.17) is 9.47 Å². The molecule has 0 aromatic rings. The maximum Gasteiger partial charge on any atom is 0.307 e. The Hall–Kier alpha value is -0.990. The Kier molecular flexibility index (Phi) is 13.6. The molecule has 0 aliphatic heterocycles. The van der Waals surface area contributed by atoms with Crippen molar-refractivity contribution in [3.63, 3.8) is 0 Å². The van der Waals surface area contributed by atoms with Gasteiger partial charge in [-0.05, 0) is 25.7 Å². The molecule has 0 aliphatic rings. The molecule has 0 rings (SSSR count). The fourth-order valence-corrected chi connectivity index (χ4v) is 3.43. The fourth-order valence-electron chi connectivity index (χ4n) is 2.68. The number of ether oxygens (including phenoxy) is 2. The first kappa shape index (κ1) is 26.0. The smallest absolute Gasteiger partial charge is 0.307 e. The highest BCUT2D eigenvalue weighted by Crippen LogP contribution is 2.15. The van der Waals surface area contributed by atoms with Gasteiger partial charge >= 0.3 is 5.97 Å². The Balaban J connectivity index is 4.83. The molecule has 0 spiro atoms. The van der Waals surface area contributed by atoms with Gasteiger partial charge in [0.05, 0.1) is 12.5 Å². The molecule has 0 amide bonds. The number of unbranched alkanes of at least 4 members (excludes halogenated alkanes) is 2. The first-order chi connectivity index (χ1) is 12.7. The fraction of sp³-hybridized carbons (Fsp3) is 0.895. The minimum atomic E-state index is -4.72. The monoisotopic (exact) mass is 408 g/mol. The van der Waals surface area contributed by atoms with Crippen molar-refractivity contribution in [2.24, 2.45) is 0 Å². The Labute approximate surface area is 163 Å². The number of carbonyl (C=O) groups is 2. The summed E-state index contributed by atoms with van der Waals surface area (Å²) < 4.78 is 43.3. The minimum absolute atomic E-state index is 0.151. The second-order valence-corrected chi connectivity index (χ2v) is 8.42.